The van der Waals surface area contributed by atoms with Gasteiger partial charge in [0.15, 0.2) is 10.9 Å². The molecule has 0 radical (unpaired) electrons. The molecule has 2 aliphatic rings. The average Bonchev–Trinajstić information content (AvgIpc) is 2.84. The minimum Gasteiger partial charge on any atom is -0.481 e. The van der Waals surface area contributed by atoms with Gasteiger partial charge in [-0.3, -0.25) is 9.59 Å². The van der Waals surface area contributed by atoms with E-state index in [1.165, 1.54) is 18.7 Å². The lowest BCUT2D eigenvalue weighted by Gasteiger charge is -2.22. The van der Waals surface area contributed by atoms with Crippen molar-refractivity contribution in [1.29, 1.82) is 0 Å². The molecule has 3 atom stereocenters. The van der Waals surface area contributed by atoms with Crippen LogP contribution < -0.4 is 0 Å². The molecule has 6 heteroatoms. The number of carbonyl (C=O) groups is 2. The summed E-state index contributed by atoms with van der Waals surface area (Å²) in [7, 11) is 0. The fourth-order valence-electron chi connectivity index (χ4n) is 2.64. The maximum atomic E-state index is 10.9. The third-order valence-electron chi connectivity index (χ3n) is 3.38. The Bertz CT molecular complexity index is 345. The van der Waals surface area contributed by atoms with Crippen molar-refractivity contribution in [2.75, 3.05) is 12.4 Å². The molecule has 1 spiro atoms. The van der Waals surface area contributed by atoms with E-state index in [0.29, 0.717) is 18.8 Å². The number of rotatable bonds is 4. The Morgan fingerprint density at radius 2 is 2.28 bits per heavy atom. The summed E-state index contributed by atoms with van der Waals surface area (Å²) in [6.45, 7) is 2.04. The molecule has 1 aliphatic carbocycles. The van der Waals surface area contributed by atoms with Crippen molar-refractivity contribution in [2.24, 2.45) is 5.92 Å². The van der Waals surface area contributed by atoms with E-state index in [0.717, 1.165) is 12.8 Å². The lowest BCUT2D eigenvalue weighted by atomic mass is 10.0. The van der Waals surface area contributed by atoms with Crippen molar-refractivity contribution in [1.82, 2.24) is 0 Å². The highest BCUT2D eigenvalue weighted by Crippen LogP contribution is 2.44. The number of aliphatic carboxylic acids is 1. The maximum Gasteiger partial charge on any atom is 0.303 e. The molecule has 1 saturated heterocycles. The van der Waals surface area contributed by atoms with Gasteiger partial charge in [0.2, 0.25) is 0 Å². The molecule has 18 heavy (non-hydrogen) atoms. The predicted molar refractivity (Wildman–Crippen MR) is 66.3 cm³/mol. The largest absolute Gasteiger partial charge is 0.481 e. The third kappa shape index (κ3) is 3.46. The van der Waals surface area contributed by atoms with E-state index in [-0.39, 0.29) is 23.6 Å². The zero-order valence-corrected chi connectivity index (χ0v) is 11.2. The first-order valence-corrected chi connectivity index (χ1v) is 7.14. The van der Waals surface area contributed by atoms with Crippen LogP contribution in [0.15, 0.2) is 0 Å². The fraction of sp³-hybridized carbons (Fsp3) is 0.833. The van der Waals surface area contributed by atoms with Crippen molar-refractivity contribution in [3.05, 3.63) is 0 Å². The van der Waals surface area contributed by atoms with Crippen LogP contribution in [-0.4, -0.2) is 40.4 Å². The van der Waals surface area contributed by atoms with Crippen molar-refractivity contribution >= 4 is 22.8 Å². The Morgan fingerprint density at radius 3 is 2.94 bits per heavy atom. The number of carboxylic acid groups (broad SMARTS) is 1. The summed E-state index contributed by atoms with van der Waals surface area (Å²) in [6, 6.07) is 0. The number of carboxylic acids is 1. The van der Waals surface area contributed by atoms with Gasteiger partial charge < -0.3 is 14.6 Å². The first kappa shape index (κ1) is 13.8. The van der Waals surface area contributed by atoms with Crippen LogP contribution in [0.1, 0.15) is 32.6 Å². The zero-order chi connectivity index (χ0) is 13.2. The highest BCUT2D eigenvalue weighted by Gasteiger charge is 2.47. The van der Waals surface area contributed by atoms with E-state index in [1.54, 1.807) is 0 Å². The van der Waals surface area contributed by atoms with Crippen LogP contribution in [0, 0.1) is 5.92 Å². The smallest absolute Gasteiger partial charge is 0.303 e. The second kappa shape index (κ2) is 5.59. The third-order valence-corrected chi connectivity index (χ3v) is 4.33. The maximum absolute atomic E-state index is 10.9. The predicted octanol–water partition coefficient (Wildman–Crippen LogP) is 1.65. The van der Waals surface area contributed by atoms with E-state index in [1.807, 2.05) is 0 Å². The summed E-state index contributed by atoms with van der Waals surface area (Å²) in [6.07, 6.45) is 2.37. The van der Waals surface area contributed by atoms with Gasteiger partial charge in [0.1, 0.15) is 0 Å². The van der Waals surface area contributed by atoms with Crippen LogP contribution in [0.25, 0.3) is 0 Å². The quantitative estimate of drug-likeness (QED) is 0.840. The van der Waals surface area contributed by atoms with Gasteiger partial charge in [-0.2, -0.15) is 0 Å². The first-order chi connectivity index (χ1) is 8.49. The van der Waals surface area contributed by atoms with E-state index >= 15 is 0 Å². The Hall–Kier alpha value is -0.590. The summed E-state index contributed by atoms with van der Waals surface area (Å²) in [4.78, 5) is 21.6. The summed E-state index contributed by atoms with van der Waals surface area (Å²) >= 11 is 1.24. The van der Waals surface area contributed by atoms with Gasteiger partial charge in [0.25, 0.3) is 0 Å². The average molecular weight is 274 g/mol. The number of hydrogen-bond donors (Lipinski definition) is 1. The normalized spacial score (nSPS) is 35.2. The summed E-state index contributed by atoms with van der Waals surface area (Å²) in [5, 5.41) is 8.86. The standard InChI is InChI=1S/C12H18O5S/c1-8(13)18-7-10-6-16-12(17-10)3-2-9(5-12)4-11(14)15/h9-10H,2-7H2,1H3,(H,14,15). The topological polar surface area (TPSA) is 72.8 Å². The molecule has 0 aromatic rings. The van der Waals surface area contributed by atoms with E-state index in [9.17, 15) is 9.59 Å². The van der Waals surface area contributed by atoms with Crippen LogP contribution in [-0.2, 0) is 19.1 Å². The molecule has 0 bridgehead atoms. The molecule has 1 saturated carbocycles. The monoisotopic (exact) mass is 274 g/mol. The van der Waals surface area contributed by atoms with Crippen molar-refractivity contribution in [2.45, 2.75) is 44.5 Å². The number of thioether (sulfide) groups is 1. The van der Waals surface area contributed by atoms with Crippen LogP contribution in [0.2, 0.25) is 0 Å². The van der Waals surface area contributed by atoms with Gasteiger partial charge in [-0.1, -0.05) is 11.8 Å². The number of ether oxygens (including phenoxy) is 2. The Balaban J connectivity index is 1.81. The summed E-state index contributed by atoms with van der Waals surface area (Å²) in [5.41, 5.74) is 0. The van der Waals surface area contributed by atoms with Gasteiger partial charge in [0, 0.05) is 31.9 Å². The van der Waals surface area contributed by atoms with Gasteiger partial charge in [-0.25, -0.2) is 0 Å². The highest BCUT2D eigenvalue weighted by molar-refractivity contribution is 8.13. The number of carbonyl (C=O) groups excluding carboxylic acids is 1. The minimum absolute atomic E-state index is 0.0533. The van der Waals surface area contributed by atoms with Gasteiger partial charge in [-0.05, 0) is 12.3 Å². The van der Waals surface area contributed by atoms with Gasteiger partial charge >= 0.3 is 5.97 Å². The summed E-state index contributed by atoms with van der Waals surface area (Å²) in [5.74, 6) is -0.594. The fourth-order valence-corrected chi connectivity index (χ4v) is 3.22. The molecule has 0 aromatic carbocycles. The molecule has 102 valence electrons. The molecule has 5 nitrogen and oxygen atoms in total. The molecule has 1 aliphatic heterocycles. The van der Waals surface area contributed by atoms with E-state index in [2.05, 4.69) is 0 Å². The molecular formula is C12H18O5S. The van der Waals surface area contributed by atoms with E-state index in [4.69, 9.17) is 14.6 Å². The molecule has 3 unspecified atom stereocenters. The molecule has 0 aromatic heterocycles. The molecule has 1 N–H and O–H groups in total. The molecule has 0 amide bonds. The Kier molecular flexibility index (Phi) is 4.29. The lowest BCUT2D eigenvalue weighted by Crippen LogP contribution is -2.28. The lowest BCUT2D eigenvalue weighted by molar-refractivity contribution is -0.162. The second-order valence-electron chi connectivity index (χ2n) is 4.97. The first-order valence-electron chi connectivity index (χ1n) is 6.16. The van der Waals surface area contributed by atoms with Crippen LogP contribution in [0.4, 0.5) is 0 Å². The van der Waals surface area contributed by atoms with Crippen LogP contribution in [0.3, 0.4) is 0 Å². The Labute approximate surface area is 110 Å². The SMILES string of the molecule is CC(=O)SCC1COC2(CCC(CC(=O)O)C2)O1. The van der Waals surface area contributed by atoms with Gasteiger partial charge in [-0.15, -0.1) is 0 Å². The van der Waals surface area contributed by atoms with Crippen LogP contribution in [0.5, 0.6) is 0 Å². The molecular weight excluding hydrogens is 256 g/mol. The number of hydrogen-bond acceptors (Lipinski definition) is 5. The Morgan fingerprint density at radius 1 is 1.50 bits per heavy atom. The van der Waals surface area contributed by atoms with E-state index < -0.39 is 11.8 Å². The van der Waals surface area contributed by atoms with Crippen molar-refractivity contribution < 1.29 is 24.2 Å². The minimum atomic E-state index is -0.765. The zero-order valence-electron chi connectivity index (χ0n) is 10.4. The second-order valence-corrected chi connectivity index (χ2v) is 6.17. The van der Waals surface area contributed by atoms with Crippen LogP contribution >= 0.6 is 11.8 Å². The summed E-state index contributed by atoms with van der Waals surface area (Å²) < 4.78 is 11.6. The molecule has 2 fully saturated rings. The van der Waals surface area contributed by atoms with Crippen molar-refractivity contribution in [3.63, 3.8) is 0 Å². The molecule has 2 rings (SSSR count). The highest BCUT2D eigenvalue weighted by atomic mass is 32.2. The molecule has 1 heterocycles. The van der Waals surface area contributed by atoms with Gasteiger partial charge in [0.05, 0.1) is 12.7 Å². The van der Waals surface area contributed by atoms with Crippen molar-refractivity contribution in [3.8, 4) is 0 Å².